The lowest BCUT2D eigenvalue weighted by atomic mass is 9.93. The van der Waals surface area contributed by atoms with Crippen LogP contribution in [-0.2, 0) is 23.8 Å². The van der Waals surface area contributed by atoms with Gasteiger partial charge in [0.25, 0.3) is 5.91 Å². The zero-order valence-electron chi connectivity index (χ0n) is 23.2. The van der Waals surface area contributed by atoms with Crippen LogP contribution in [0.15, 0.2) is 83.8 Å². The van der Waals surface area contributed by atoms with Crippen LogP contribution < -0.4 is 16.4 Å². The fraction of sp³-hybridized carbons (Fsp3) is 0.355. The van der Waals surface area contributed by atoms with Gasteiger partial charge in [0, 0.05) is 28.2 Å². The fourth-order valence-electron chi connectivity index (χ4n) is 4.14. The Labute approximate surface area is 242 Å². The molecule has 0 bridgehead atoms. The predicted octanol–water partition coefficient (Wildman–Crippen LogP) is 4.98. The van der Waals surface area contributed by atoms with Gasteiger partial charge in [-0.3, -0.25) is 9.59 Å². The van der Waals surface area contributed by atoms with Crippen molar-refractivity contribution in [2.45, 2.75) is 68.4 Å². The number of halogens is 3. The zero-order chi connectivity index (χ0) is 30.2. The fourth-order valence-corrected chi connectivity index (χ4v) is 4.99. The smallest absolute Gasteiger partial charge is 0.391 e. The van der Waals surface area contributed by atoms with Crippen molar-refractivity contribution in [1.82, 2.24) is 10.6 Å². The Kier molecular flexibility index (Phi) is 11.0. The Balaban J connectivity index is 1.71. The number of carbonyl (C=O) groups excluding carboxylic acids is 2. The summed E-state index contributed by atoms with van der Waals surface area (Å²) >= 11 is 1.17. The van der Waals surface area contributed by atoms with Crippen LogP contribution in [0.3, 0.4) is 0 Å². The standard InChI is InChI=1S/C31H36F3N3O3S/c1-30(2,3)37-28(39)24-12-8-7-11-21(24)18-27(38)26(17-20-9-5-4-6-10-20)36-29(40)25(35)19-41-23-15-13-22(14-16-23)31(32,33)34/h4-16,25-27,38H,17-19,35H2,1-3H3,(H,36,40)(H,37,39)/t25-,26+,27-/m1/s1. The van der Waals surface area contributed by atoms with Gasteiger partial charge in [0.15, 0.2) is 0 Å². The van der Waals surface area contributed by atoms with Gasteiger partial charge in [-0.15, -0.1) is 11.8 Å². The van der Waals surface area contributed by atoms with Gasteiger partial charge in [-0.2, -0.15) is 13.2 Å². The van der Waals surface area contributed by atoms with Gasteiger partial charge >= 0.3 is 6.18 Å². The number of alkyl halides is 3. The Bertz CT molecular complexity index is 1300. The number of thioether (sulfide) groups is 1. The first-order valence-corrected chi connectivity index (χ1v) is 14.2. The first-order valence-electron chi connectivity index (χ1n) is 13.2. The number of hydrogen-bond donors (Lipinski definition) is 4. The molecule has 0 unspecified atom stereocenters. The molecule has 0 aromatic heterocycles. The molecule has 220 valence electrons. The minimum Gasteiger partial charge on any atom is -0.391 e. The summed E-state index contributed by atoms with van der Waals surface area (Å²) in [7, 11) is 0. The molecule has 0 aliphatic rings. The summed E-state index contributed by atoms with van der Waals surface area (Å²) in [5, 5.41) is 17.1. The summed E-state index contributed by atoms with van der Waals surface area (Å²) in [6.45, 7) is 5.65. The van der Waals surface area contributed by atoms with Crippen molar-refractivity contribution in [2.24, 2.45) is 5.73 Å². The van der Waals surface area contributed by atoms with Crippen molar-refractivity contribution in [3.05, 3.63) is 101 Å². The maximum absolute atomic E-state index is 13.1. The average molecular weight is 588 g/mol. The molecule has 2 amide bonds. The molecular weight excluding hydrogens is 551 g/mol. The monoisotopic (exact) mass is 587 g/mol. The summed E-state index contributed by atoms with van der Waals surface area (Å²) < 4.78 is 38.5. The van der Waals surface area contributed by atoms with Crippen molar-refractivity contribution < 1.29 is 27.9 Å². The summed E-state index contributed by atoms with van der Waals surface area (Å²) in [6.07, 6.45) is -5.04. The predicted molar refractivity (Wildman–Crippen MR) is 156 cm³/mol. The van der Waals surface area contributed by atoms with Crippen LogP contribution in [0.1, 0.15) is 47.8 Å². The van der Waals surface area contributed by atoms with Gasteiger partial charge in [0.05, 0.1) is 23.8 Å². The van der Waals surface area contributed by atoms with Crippen LogP contribution in [0.2, 0.25) is 0 Å². The van der Waals surface area contributed by atoms with Crippen molar-refractivity contribution >= 4 is 23.6 Å². The van der Waals surface area contributed by atoms with Crippen molar-refractivity contribution in [3.8, 4) is 0 Å². The summed E-state index contributed by atoms with van der Waals surface area (Å²) in [4.78, 5) is 26.5. The minimum absolute atomic E-state index is 0.112. The summed E-state index contributed by atoms with van der Waals surface area (Å²) in [5.41, 5.74) is 6.91. The third-order valence-corrected chi connectivity index (χ3v) is 7.35. The van der Waals surface area contributed by atoms with E-state index >= 15 is 0 Å². The van der Waals surface area contributed by atoms with Gasteiger partial charge in [-0.25, -0.2) is 0 Å². The van der Waals surface area contributed by atoms with E-state index in [2.05, 4.69) is 10.6 Å². The van der Waals surface area contributed by atoms with Crippen molar-refractivity contribution in [1.29, 1.82) is 0 Å². The highest BCUT2D eigenvalue weighted by atomic mass is 32.2. The number of hydrogen-bond acceptors (Lipinski definition) is 5. The summed E-state index contributed by atoms with van der Waals surface area (Å²) in [6, 6.07) is 19.3. The molecule has 3 aromatic rings. The molecule has 3 aromatic carbocycles. The second-order valence-electron chi connectivity index (χ2n) is 10.9. The molecule has 41 heavy (non-hydrogen) atoms. The minimum atomic E-state index is -4.43. The molecule has 0 aliphatic carbocycles. The van der Waals surface area contributed by atoms with Crippen LogP contribution in [0, 0.1) is 0 Å². The number of nitrogens with one attached hydrogen (secondary N) is 2. The van der Waals surface area contributed by atoms with Crippen LogP contribution >= 0.6 is 11.8 Å². The second kappa shape index (κ2) is 14.0. The van der Waals surface area contributed by atoms with Crippen LogP contribution in [-0.4, -0.2) is 46.4 Å². The van der Waals surface area contributed by atoms with E-state index in [9.17, 15) is 27.9 Å². The third-order valence-electron chi connectivity index (χ3n) is 6.22. The summed E-state index contributed by atoms with van der Waals surface area (Å²) in [5.74, 6) is -0.629. The Morgan fingerprint density at radius 1 is 0.902 bits per heavy atom. The highest BCUT2D eigenvalue weighted by Crippen LogP contribution is 2.30. The third kappa shape index (κ3) is 10.2. The van der Waals surface area contributed by atoms with E-state index in [1.54, 1.807) is 24.3 Å². The van der Waals surface area contributed by atoms with E-state index in [-0.39, 0.29) is 18.1 Å². The van der Waals surface area contributed by atoms with E-state index in [1.807, 2.05) is 51.1 Å². The topological polar surface area (TPSA) is 104 Å². The van der Waals surface area contributed by atoms with Crippen LogP contribution in [0.25, 0.3) is 0 Å². The van der Waals surface area contributed by atoms with E-state index in [1.165, 1.54) is 23.9 Å². The molecule has 0 spiro atoms. The van der Waals surface area contributed by atoms with Gasteiger partial charge in [0.1, 0.15) is 0 Å². The Hall–Kier alpha value is -3.34. The van der Waals surface area contributed by atoms with E-state index < -0.39 is 41.4 Å². The molecule has 3 rings (SSSR count). The maximum Gasteiger partial charge on any atom is 0.416 e. The molecular formula is C31H36F3N3O3S. The van der Waals surface area contributed by atoms with E-state index in [0.29, 0.717) is 22.4 Å². The van der Waals surface area contributed by atoms with Crippen LogP contribution in [0.5, 0.6) is 0 Å². The second-order valence-corrected chi connectivity index (χ2v) is 12.0. The van der Waals surface area contributed by atoms with Crippen molar-refractivity contribution in [2.75, 3.05) is 5.75 Å². The molecule has 5 N–H and O–H groups in total. The molecule has 0 aliphatic heterocycles. The molecule has 0 saturated heterocycles. The zero-order valence-corrected chi connectivity index (χ0v) is 24.1. The number of nitrogens with two attached hydrogens (primary N) is 1. The number of carbonyl (C=O) groups is 2. The first-order chi connectivity index (χ1) is 19.2. The largest absolute Gasteiger partial charge is 0.416 e. The quantitative estimate of drug-likeness (QED) is 0.237. The molecule has 3 atom stereocenters. The van der Waals surface area contributed by atoms with E-state index in [4.69, 9.17) is 5.73 Å². The molecule has 0 saturated carbocycles. The number of aliphatic hydroxyl groups is 1. The lowest BCUT2D eigenvalue weighted by molar-refractivity contribution is -0.137. The number of aliphatic hydroxyl groups excluding tert-OH is 1. The molecule has 0 radical (unpaired) electrons. The van der Waals surface area contributed by atoms with Gasteiger partial charge in [-0.05, 0) is 68.7 Å². The lowest BCUT2D eigenvalue weighted by Gasteiger charge is -2.27. The van der Waals surface area contributed by atoms with E-state index in [0.717, 1.165) is 17.7 Å². The highest BCUT2D eigenvalue weighted by Gasteiger charge is 2.30. The number of benzene rings is 3. The number of amides is 2. The van der Waals surface area contributed by atoms with Crippen LogP contribution in [0.4, 0.5) is 13.2 Å². The Morgan fingerprint density at radius 2 is 1.51 bits per heavy atom. The SMILES string of the molecule is CC(C)(C)NC(=O)c1ccccc1C[C@@H](O)[C@H](Cc1ccccc1)NC(=O)[C@H](N)CSc1ccc(C(F)(F)F)cc1. The highest BCUT2D eigenvalue weighted by molar-refractivity contribution is 7.99. The first kappa shape index (κ1) is 32.2. The normalized spacial score (nSPS) is 14.1. The van der Waals surface area contributed by atoms with Gasteiger partial charge in [0.2, 0.25) is 5.91 Å². The molecule has 10 heteroatoms. The maximum atomic E-state index is 13.1. The lowest BCUT2D eigenvalue weighted by Crippen LogP contribution is -2.52. The average Bonchev–Trinajstić information content (AvgIpc) is 2.91. The van der Waals surface area contributed by atoms with Crippen molar-refractivity contribution in [3.63, 3.8) is 0 Å². The molecule has 6 nitrogen and oxygen atoms in total. The Morgan fingerprint density at radius 3 is 2.12 bits per heavy atom. The molecule has 0 heterocycles. The molecule has 0 fully saturated rings. The van der Waals surface area contributed by atoms with Gasteiger partial charge in [-0.1, -0.05) is 48.5 Å². The number of rotatable bonds is 11. The van der Waals surface area contributed by atoms with Gasteiger partial charge < -0.3 is 21.5 Å².